The van der Waals surface area contributed by atoms with Crippen molar-refractivity contribution in [2.24, 2.45) is 0 Å². The Bertz CT molecular complexity index is 524. The van der Waals surface area contributed by atoms with E-state index in [4.69, 9.17) is 4.65 Å². The lowest BCUT2D eigenvalue weighted by Gasteiger charge is -2.37. The van der Waals surface area contributed by atoms with Crippen molar-refractivity contribution in [1.29, 1.82) is 0 Å². The third-order valence-electron chi connectivity index (χ3n) is 3.47. The third kappa shape index (κ3) is 3.48. The fourth-order valence-electron chi connectivity index (χ4n) is 1.43. The largest absolute Gasteiger partial charge is 0.426 e. The van der Waals surface area contributed by atoms with Crippen LogP contribution in [0.1, 0.15) is 27.7 Å². The summed E-state index contributed by atoms with van der Waals surface area (Å²) >= 11 is 3.49. The zero-order valence-corrected chi connectivity index (χ0v) is 13.4. The molecule has 0 atom stereocenters. The van der Waals surface area contributed by atoms with Gasteiger partial charge >= 0.3 is 7.48 Å². The molecule has 2 rings (SSSR count). The van der Waals surface area contributed by atoms with Gasteiger partial charge in [0.2, 0.25) is 0 Å². The van der Waals surface area contributed by atoms with Gasteiger partial charge < -0.3 is 9.76 Å². The van der Waals surface area contributed by atoms with Gasteiger partial charge in [0, 0.05) is 14.5 Å². The summed E-state index contributed by atoms with van der Waals surface area (Å²) in [6, 6.07) is 8.42. The molecule has 0 aliphatic heterocycles. The van der Waals surface area contributed by atoms with Gasteiger partial charge in [-0.05, 0) is 45.2 Å². The molecule has 0 unspecified atom stereocenters. The highest BCUT2D eigenvalue weighted by atomic mass is 32.1. The summed E-state index contributed by atoms with van der Waals surface area (Å²) in [5.41, 5.74) is -1.43. The second kappa shape index (κ2) is 5.41. The van der Waals surface area contributed by atoms with Crippen molar-refractivity contribution < 1.29 is 9.76 Å². The van der Waals surface area contributed by atoms with Gasteiger partial charge in [0.25, 0.3) is 0 Å². The minimum atomic E-state index is -0.860. The van der Waals surface area contributed by atoms with E-state index in [9.17, 15) is 5.11 Å². The van der Waals surface area contributed by atoms with E-state index in [0.29, 0.717) is 7.48 Å². The third-order valence-corrected chi connectivity index (χ3v) is 5.60. The predicted octanol–water partition coefficient (Wildman–Crippen LogP) is 3.02. The lowest BCUT2D eigenvalue weighted by atomic mass is 9.86. The Hall–Kier alpha value is -0.615. The van der Waals surface area contributed by atoms with Crippen molar-refractivity contribution in [2.75, 3.05) is 0 Å². The lowest BCUT2D eigenvalue weighted by Crippen LogP contribution is -2.49. The first-order chi connectivity index (χ1) is 8.79. The number of thiophene rings is 2. The van der Waals surface area contributed by atoms with Crippen LogP contribution in [-0.2, 0) is 4.65 Å². The monoisotopic (exact) mass is 294 g/mol. The first kappa shape index (κ1) is 14.8. The summed E-state index contributed by atoms with van der Waals surface area (Å²) in [5.74, 6) is 0. The zero-order valence-electron chi connectivity index (χ0n) is 11.8. The van der Waals surface area contributed by atoms with Crippen LogP contribution in [0.3, 0.4) is 0 Å². The topological polar surface area (TPSA) is 29.5 Å². The van der Waals surface area contributed by atoms with Crippen LogP contribution in [-0.4, -0.2) is 23.8 Å². The van der Waals surface area contributed by atoms with E-state index in [1.807, 2.05) is 13.8 Å². The molecule has 5 heteroatoms. The number of rotatable bonds is 5. The molecule has 2 aromatic heterocycles. The Morgan fingerprint density at radius 1 is 1.11 bits per heavy atom. The predicted molar refractivity (Wildman–Crippen MR) is 85.9 cm³/mol. The van der Waals surface area contributed by atoms with Crippen molar-refractivity contribution in [3.05, 3.63) is 29.6 Å². The molecule has 0 saturated carbocycles. The molecule has 2 nitrogen and oxygen atoms in total. The zero-order chi connectivity index (χ0) is 14.1. The molecule has 0 amide bonds. The van der Waals surface area contributed by atoms with Crippen LogP contribution in [0.15, 0.2) is 29.6 Å². The number of hydrogen-bond donors (Lipinski definition) is 1. The minimum Gasteiger partial charge on any atom is -0.426 e. The standard InChI is InChI=1S/C14H19BO2S2/c1-13(2,16)14(3,4)17-15-12-8-7-11(19-12)10-6-5-9-18-10/h5-9,15-16H,1-4H3. The molecule has 0 saturated heterocycles. The Morgan fingerprint density at radius 2 is 1.84 bits per heavy atom. The Kier molecular flexibility index (Phi) is 4.21. The summed E-state index contributed by atoms with van der Waals surface area (Å²) in [7, 11) is 0.535. The van der Waals surface area contributed by atoms with Gasteiger partial charge in [-0.1, -0.05) is 12.1 Å². The maximum Gasteiger partial charge on any atom is 0.319 e. The molecular weight excluding hydrogens is 275 g/mol. The molecule has 0 aromatic carbocycles. The van der Waals surface area contributed by atoms with Crippen molar-refractivity contribution >= 4 is 34.9 Å². The molecule has 19 heavy (non-hydrogen) atoms. The van der Waals surface area contributed by atoms with Gasteiger partial charge in [-0.25, -0.2) is 0 Å². The first-order valence-corrected chi connectivity index (χ1v) is 7.98. The highest BCUT2D eigenvalue weighted by Gasteiger charge is 2.35. The Morgan fingerprint density at radius 3 is 2.42 bits per heavy atom. The second-order valence-electron chi connectivity index (χ2n) is 5.60. The maximum absolute atomic E-state index is 10.1. The van der Waals surface area contributed by atoms with Crippen LogP contribution in [0.4, 0.5) is 0 Å². The van der Waals surface area contributed by atoms with Crippen LogP contribution < -0.4 is 4.78 Å². The molecule has 102 valence electrons. The summed E-state index contributed by atoms with van der Waals surface area (Å²) in [4.78, 5) is 2.56. The average Bonchev–Trinajstić information content (AvgIpc) is 2.96. The molecule has 0 bridgehead atoms. The molecule has 0 aliphatic carbocycles. The highest BCUT2D eigenvalue weighted by Crippen LogP contribution is 2.28. The van der Waals surface area contributed by atoms with Crippen LogP contribution in [0.2, 0.25) is 0 Å². The van der Waals surface area contributed by atoms with Gasteiger partial charge in [0.05, 0.1) is 11.2 Å². The van der Waals surface area contributed by atoms with Crippen molar-refractivity contribution in [3.8, 4) is 9.75 Å². The fourth-order valence-corrected chi connectivity index (χ4v) is 3.19. The first-order valence-electron chi connectivity index (χ1n) is 6.28. The Labute approximate surface area is 123 Å². The summed E-state index contributed by atoms with van der Waals surface area (Å²) < 4.78 is 7.06. The quantitative estimate of drug-likeness (QED) is 0.859. The maximum atomic E-state index is 10.1. The van der Waals surface area contributed by atoms with E-state index in [1.165, 1.54) is 14.5 Å². The SMILES string of the molecule is CC(C)(O)C(C)(C)OBc1ccc(-c2cccs2)s1. The molecule has 2 aromatic rings. The van der Waals surface area contributed by atoms with Crippen molar-refractivity contribution in [3.63, 3.8) is 0 Å². The molecule has 0 aliphatic rings. The Balaban J connectivity index is 2.02. The van der Waals surface area contributed by atoms with E-state index in [-0.39, 0.29) is 0 Å². The smallest absolute Gasteiger partial charge is 0.319 e. The molecule has 0 spiro atoms. The number of aliphatic hydroxyl groups is 1. The summed E-state index contributed by atoms with van der Waals surface area (Å²) in [6.45, 7) is 7.39. The average molecular weight is 294 g/mol. The van der Waals surface area contributed by atoms with Gasteiger partial charge in [0.1, 0.15) is 0 Å². The normalized spacial score (nSPS) is 12.7. The van der Waals surface area contributed by atoms with Gasteiger partial charge in [-0.15, -0.1) is 22.7 Å². The molecular formula is C14H19BO2S2. The number of hydrogen-bond acceptors (Lipinski definition) is 4. The summed E-state index contributed by atoms with van der Waals surface area (Å²) in [6.07, 6.45) is 0. The van der Waals surface area contributed by atoms with E-state index >= 15 is 0 Å². The minimum absolute atomic E-state index is 0.535. The van der Waals surface area contributed by atoms with E-state index < -0.39 is 11.2 Å². The highest BCUT2D eigenvalue weighted by molar-refractivity contribution is 7.26. The van der Waals surface area contributed by atoms with Crippen LogP contribution in [0.25, 0.3) is 9.75 Å². The van der Waals surface area contributed by atoms with Gasteiger partial charge in [-0.2, -0.15) is 0 Å². The summed E-state index contributed by atoms with van der Waals surface area (Å²) in [5, 5.41) is 12.1. The van der Waals surface area contributed by atoms with Crippen LogP contribution >= 0.6 is 22.7 Å². The second-order valence-corrected chi connectivity index (χ2v) is 7.72. The van der Waals surface area contributed by atoms with Crippen LogP contribution in [0.5, 0.6) is 0 Å². The van der Waals surface area contributed by atoms with Gasteiger partial charge in [-0.3, -0.25) is 0 Å². The molecule has 0 radical (unpaired) electrons. The van der Waals surface area contributed by atoms with E-state index in [0.717, 1.165) is 0 Å². The van der Waals surface area contributed by atoms with E-state index in [2.05, 4.69) is 29.6 Å². The molecule has 1 N–H and O–H groups in total. The van der Waals surface area contributed by atoms with Gasteiger partial charge in [0.15, 0.2) is 0 Å². The van der Waals surface area contributed by atoms with Crippen molar-refractivity contribution in [1.82, 2.24) is 0 Å². The van der Waals surface area contributed by atoms with Crippen molar-refractivity contribution in [2.45, 2.75) is 38.9 Å². The lowest BCUT2D eigenvalue weighted by molar-refractivity contribution is -0.0892. The molecule has 2 heterocycles. The van der Waals surface area contributed by atoms with E-state index in [1.54, 1.807) is 36.5 Å². The van der Waals surface area contributed by atoms with Crippen LogP contribution in [0, 0.1) is 0 Å². The molecule has 0 fully saturated rings. The fraction of sp³-hybridized carbons (Fsp3) is 0.429.